The molecule has 0 aliphatic carbocycles. The molecular formula is C12H17N. The minimum Gasteiger partial charge on any atom is -0.351 e. The highest BCUT2D eigenvalue weighted by atomic mass is 15.1. The zero-order valence-corrected chi connectivity index (χ0v) is 8.57. The van der Waals surface area contributed by atoms with Crippen LogP contribution in [0.4, 0.5) is 5.69 Å². The molecular weight excluding hydrogens is 158 g/mol. The van der Waals surface area contributed by atoms with Crippen LogP contribution in [0, 0.1) is 5.92 Å². The normalized spacial score (nSPS) is 11.1. The van der Waals surface area contributed by atoms with E-state index >= 15 is 0 Å². The number of hydrogen-bond acceptors (Lipinski definition) is 1. The van der Waals surface area contributed by atoms with Gasteiger partial charge in [-0.1, -0.05) is 38.1 Å². The molecule has 1 nitrogen and oxygen atoms in total. The third-order valence-electron chi connectivity index (χ3n) is 1.86. The molecule has 0 spiro atoms. The van der Waals surface area contributed by atoms with Gasteiger partial charge in [0.05, 0.1) is 0 Å². The molecule has 1 heteroatoms. The molecule has 0 heterocycles. The predicted octanol–water partition coefficient (Wildman–Crippen LogP) is 3.29. The zero-order valence-electron chi connectivity index (χ0n) is 8.57. The maximum absolute atomic E-state index is 2.19. The standard InChI is InChI=1S/C12H17N/c1-11(2)9-10-13(3)12-7-5-4-6-8-12/h4-11H,1-3H3/b10-9+. The van der Waals surface area contributed by atoms with Gasteiger partial charge in [-0.05, 0) is 24.3 Å². The maximum atomic E-state index is 2.19. The van der Waals surface area contributed by atoms with Gasteiger partial charge in [-0.15, -0.1) is 0 Å². The van der Waals surface area contributed by atoms with Gasteiger partial charge in [0.15, 0.2) is 0 Å². The second-order valence-corrected chi connectivity index (χ2v) is 3.53. The Morgan fingerprint density at radius 3 is 2.31 bits per heavy atom. The van der Waals surface area contributed by atoms with Gasteiger partial charge < -0.3 is 4.90 Å². The Balaban J connectivity index is 2.64. The molecule has 0 radical (unpaired) electrons. The molecule has 1 rings (SSSR count). The van der Waals surface area contributed by atoms with Crippen LogP contribution >= 0.6 is 0 Å². The first-order chi connectivity index (χ1) is 6.20. The van der Waals surface area contributed by atoms with Crippen LogP contribution in [-0.4, -0.2) is 7.05 Å². The molecule has 0 fully saturated rings. The molecule has 0 unspecified atom stereocenters. The Bertz CT molecular complexity index is 262. The van der Waals surface area contributed by atoms with Gasteiger partial charge in [0, 0.05) is 12.7 Å². The van der Waals surface area contributed by atoms with Crippen molar-refractivity contribution in [2.45, 2.75) is 13.8 Å². The van der Waals surface area contributed by atoms with Crippen molar-refractivity contribution < 1.29 is 0 Å². The average molecular weight is 175 g/mol. The van der Waals surface area contributed by atoms with E-state index in [1.807, 2.05) is 6.07 Å². The molecule has 0 aromatic heterocycles. The monoisotopic (exact) mass is 175 g/mol. The van der Waals surface area contributed by atoms with Crippen LogP contribution in [-0.2, 0) is 0 Å². The van der Waals surface area contributed by atoms with Crippen molar-refractivity contribution in [3.05, 3.63) is 42.6 Å². The van der Waals surface area contributed by atoms with Crippen molar-refractivity contribution in [2.24, 2.45) is 5.92 Å². The highest BCUT2D eigenvalue weighted by Gasteiger charge is 1.93. The Morgan fingerprint density at radius 2 is 1.77 bits per heavy atom. The predicted molar refractivity (Wildman–Crippen MR) is 58.8 cm³/mol. The van der Waals surface area contributed by atoms with E-state index in [1.165, 1.54) is 5.69 Å². The largest absolute Gasteiger partial charge is 0.351 e. The van der Waals surface area contributed by atoms with E-state index < -0.39 is 0 Å². The van der Waals surface area contributed by atoms with Gasteiger partial charge in [-0.25, -0.2) is 0 Å². The Labute approximate surface area is 80.7 Å². The number of allylic oxidation sites excluding steroid dienone is 1. The molecule has 0 atom stereocenters. The van der Waals surface area contributed by atoms with Crippen LogP contribution in [0.5, 0.6) is 0 Å². The maximum Gasteiger partial charge on any atom is 0.0403 e. The Morgan fingerprint density at radius 1 is 1.15 bits per heavy atom. The number of anilines is 1. The van der Waals surface area contributed by atoms with Crippen molar-refractivity contribution in [1.82, 2.24) is 0 Å². The van der Waals surface area contributed by atoms with Crippen LogP contribution in [0.15, 0.2) is 42.6 Å². The molecule has 70 valence electrons. The first-order valence-corrected chi connectivity index (χ1v) is 4.66. The summed E-state index contributed by atoms with van der Waals surface area (Å²) in [4.78, 5) is 2.12. The molecule has 0 aliphatic rings. The first kappa shape index (κ1) is 9.85. The molecule has 0 amide bonds. The lowest BCUT2D eigenvalue weighted by molar-refractivity contribution is 0.826. The quantitative estimate of drug-likeness (QED) is 0.681. The summed E-state index contributed by atoms with van der Waals surface area (Å²) < 4.78 is 0. The van der Waals surface area contributed by atoms with E-state index in [4.69, 9.17) is 0 Å². The van der Waals surface area contributed by atoms with Gasteiger partial charge in [-0.2, -0.15) is 0 Å². The van der Waals surface area contributed by atoms with E-state index in [1.54, 1.807) is 0 Å². The number of nitrogens with zero attached hydrogens (tertiary/aromatic N) is 1. The minimum atomic E-state index is 0.603. The van der Waals surface area contributed by atoms with Crippen LogP contribution < -0.4 is 4.90 Å². The Hall–Kier alpha value is -1.24. The third-order valence-corrected chi connectivity index (χ3v) is 1.86. The second-order valence-electron chi connectivity index (χ2n) is 3.53. The topological polar surface area (TPSA) is 3.24 Å². The van der Waals surface area contributed by atoms with E-state index in [-0.39, 0.29) is 0 Å². The molecule has 13 heavy (non-hydrogen) atoms. The van der Waals surface area contributed by atoms with Crippen molar-refractivity contribution >= 4 is 5.69 Å². The van der Waals surface area contributed by atoms with Crippen LogP contribution in [0.1, 0.15) is 13.8 Å². The van der Waals surface area contributed by atoms with Gasteiger partial charge in [-0.3, -0.25) is 0 Å². The number of rotatable bonds is 3. The SMILES string of the molecule is CC(C)/C=C/N(C)c1ccccc1. The number of para-hydroxylation sites is 1. The minimum absolute atomic E-state index is 0.603. The van der Waals surface area contributed by atoms with E-state index in [2.05, 4.69) is 62.3 Å². The average Bonchev–Trinajstić information content (AvgIpc) is 2.15. The molecule has 1 aromatic carbocycles. The van der Waals surface area contributed by atoms with Crippen molar-refractivity contribution in [1.29, 1.82) is 0 Å². The van der Waals surface area contributed by atoms with Crippen molar-refractivity contribution in [3.8, 4) is 0 Å². The zero-order chi connectivity index (χ0) is 9.68. The van der Waals surface area contributed by atoms with Gasteiger partial charge in [0.1, 0.15) is 0 Å². The van der Waals surface area contributed by atoms with Crippen LogP contribution in [0.3, 0.4) is 0 Å². The lowest BCUT2D eigenvalue weighted by Crippen LogP contribution is -2.07. The van der Waals surface area contributed by atoms with Gasteiger partial charge >= 0.3 is 0 Å². The van der Waals surface area contributed by atoms with E-state index in [0.29, 0.717) is 5.92 Å². The fourth-order valence-electron chi connectivity index (χ4n) is 1.05. The second kappa shape index (κ2) is 4.70. The fourth-order valence-corrected chi connectivity index (χ4v) is 1.05. The molecule has 0 bridgehead atoms. The highest BCUT2D eigenvalue weighted by Crippen LogP contribution is 2.11. The molecule has 0 saturated heterocycles. The summed E-state index contributed by atoms with van der Waals surface area (Å²) >= 11 is 0. The van der Waals surface area contributed by atoms with Crippen LogP contribution in [0.25, 0.3) is 0 Å². The van der Waals surface area contributed by atoms with E-state index in [0.717, 1.165) is 0 Å². The number of benzene rings is 1. The summed E-state index contributed by atoms with van der Waals surface area (Å²) in [5, 5.41) is 0. The smallest absolute Gasteiger partial charge is 0.0403 e. The third kappa shape index (κ3) is 3.32. The molecule has 0 N–H and O–H groups in total. The van der Waals surface area contributed by atoms with E-state index in [9.17, 15) is 0 Å². The van der Waals surface area contributed by atoms with Crippen molar-refractivity contribution in [3.63, 3.8) is 0 Å². The first-order valence-electron chi connectivity index (χ1n) is 4.66. The molecule has 0 aliphatic heterocycles. The molecule has 1 aromatic rings. The summed E-state index contributed by atoms with van der Waals surface area (Å²) in [5.74, 6) is 0.603. The van der Waals surface area contributed by atoms with Gasteiger partial charge in [0.25, 0.3) is 0 Å². The summed E-state index contributed by atoms with van der Waals surface area (Å²) in [6, 6.07) is 10.3. The summed E-state index contributed by atoms with van der Waals surface area (Å²) in [5.41, 5.74) is 1.22. The summed E-state index contributed by atoms with van der Waals surface area (Å²) in [7, 11) is 2.06. The highest BCUT2D eigenvalue weighted by molar-refractivity contribution is 5.47. The van der Waals surface area contributed by atoms with Crippen molar-refractivity contribution in [2.75, 3.05) is 11.9 Å². The lowest BCUT2D eigenvalue weighted by Gasteiger charge is -2.13. The summed E-state index contributed by atoms with van der Waals surface area (Å²) in [6.45, 7) is 4.35. The van der Waals surface area contributed by atoms with Gasteiger partial charge in [0.2, 0.25) is 0 Å². The lowest BCUT2D eigenvalue weighted by atomic mass is 10.2. The molecule has 0 saturated carbocycles. The Kier molecular flexibility index (Phi) is 3.56. The number of hydrogen-bond donors (Lipinski definition) is 0. The fraction of sp³-hybridized carbons (Fsp3) is 0.333. The summed E-state index contributed by atoms with van der Waals surface area (Å²) in [6.07, 6.45) is 4.30. The van der Waals surface area contributed by atoms with Crippen LogP contribution in [0.2, 0.25) is 0 Å².